The summed E-state index contributed by atoms with van der Waals surface area (Å²) in [5, 5.41) is 8.69. The van der Waals surface area contributed by atoms with Crippen LogP contribution in [0.5, 0.6) is 0 Å². The van der Waals surface area contributed by atoms with Crippen LogP contribution in [0.25, 0.3) is 17.3 Å². The molecular weight excluding hydrogens is 282 g/mol. The number of hydrogen-bond donors (Lipinski definition) is 1. The topological polar surface area (TPSA) is 68.5 Å². The molecule has 2 rings (SSSR count). The van der Waals surface area contributed by atoms with Gasteiger partial charge in [-0.15, -0.1) is 0 Å². The Kier molecular flexibility index (Phi) is 5.27. The van der Waals surface area contributed by atoms with Crippen molar-refractivity contribution in [1.82, 2.24) is 4.57 Å². The fourth-order valence-electron chi connectivity index (χ4n) is 2.15. The predicted molar refractivity (Wildman–Crippen MR) is 84.7 cm³/mol. The first kappa shape index (κ1) is 15.7. The second-order valence-corrected chi connectivity index (χ2v) is 4.66. The number of aromatic nitrogens is 1. The molecule has 114 valence electrons. The van der Waals surface area contributed by atoms with E-state index >= 15 is 0 Å². The lowest BCUT2D eigenvalue weighted by molar-refractivity contribution is -0.131. The van der Waals surface area contributed by atoms with E-state index in [0.717, 1.165) is 17.3 Å². The van der Waals surface area contributed by atoms with Crippen molar-refractivity contribution >= 4 is 12.0 Å². The molecule has 0 unspecified atom stereocenters. The van der Waals surface area contributed by atoms with Gasteiger partial charge in [-0.2, -0.15) is 0 Å². The second-order valence-electron chi connectivity index (χ2n) is 4.66. The number of nitrogens with zero attached hydrogens (tertiary/aromatic N) is 1. The molecule has 0 aliphatic carbocycles. The molecule has 1 aromatic carbocycles. The molecule has 0 atom stereocenters. The number of ether oxygens (including phenoxy) is 1. The Morgan fingerprint density at radius 1 is 1.23 bits per heavy atom. The van der Waals surface area contributed by atoms with Gasteiger partial charge in [-0.3, -0.25) is 4.79 Å². The lowest BCUT2D eigenvalue weighted by atomic mass is 10.1. The molecule has 5 nitrogen and oxygen atoms in total. The largest absolute Gasteiger partial charge is 0.478 e. The summed E-state index contributed by atoms with van der Waals surface area (Å²) < 4.78 is 6.66. The fourth-order valence-corrected chi connectivity index (χ4v) is 2.15. The van der Waals surface area contributed by atoms with Crippen LogP contribution in [0, 0.1) is 0 Å². The van der Waals surface area contributed by atoms with Crippen molar-refractivity contribution in [2.75, 3.05) is 13.7 Å². The highest BCUT2D eigenvalue weighted by Crippen LogP contribution is 2.18. The molecule has 1 N–H and O–H groups in total. The molecule has 0 spiro atoms. The zero-order chi connectivity index (χ0) is 15.9. The molecular formula is C17H17NO4. The zero-order valence-electron chi connectivity index (χ0n) is 12.2. The number of aliphatic carboxylic acids is 1. The first-order valence-electron chi connectivity index (χ1n) is 6.82. The van der Waals surface area contributed by atoms with Crippen LogP contribution in [0.4, 0.5) is 0 Å². The lowest BCUT2D eigenvalue weighted by Crippen LogP contribution is -2.25. The molecule has 0 amide bonds. The minimum Gasteiger partial charge on any atom is -0.478 e. The summed E-state index contributed by atoms with van der Waals surface area (Å²) in [4.78, 5) is 23.2. The molecule has 5 heteroatoms. The van der Waals surface area contributed by atoms with E-state index in [2.05, 4.69) is 0 Å². The van der Waals surface area contributed by atoms with Crippen molar-refractivity contribution in [3.63, 3.8) is 0 Å². The highest BCUT2D eigenvalue weighted by atomic mass is 16.5. The summed E-state index contributed by atoms with van der Waals surface area (Å²) in [6.07, 6.45) is 2.27. The summed E-state index contributed by atoms with van der Waals surface area (Å²) in [7, 11) is 1.57. The van der Waals surface area contributed by atoms with Gasteiger partial charge in [0.1, 0.15) is 0 Å². The third-order valence-electron chi connectivity index (χ3n) is 3.20. The average molecular weight is 299 g/mol. The van der Waals surface area contributed by atoms with Gasteiger partial charge in [0.05, 0.1) is 12.3 Å². The van der Waals surface area contributed by atoms with Crippen LogP contribution in [0.1, 0.15) is 5.56 Å². The summed E-state index contributed by atoms with van der Waals surface area (Å²) in [5.41, 5.74) is 1.79. The van der Waals surface area contributed by atoms with E-state index in [1.165, 1.54) is 6.08 Å². The molecule has 0 radical (unpaired) electrons. The summed E-state index contributed by atoms with van der Waals surface area (Å²) in [6.45, 7) is 0.792. The van der Waals surface area contributed by atoms with Gasteiger partial charge in [0.15, 0.2) is 0 Å². The summed E-state index contributed by atoms with van der Waals surface area (Å²) in [6, 6.07) is 13.0. The first-order chi connectivity index (χ1) is 10.6. The number of benzene rings is 1. The van der Waals surface area contributed by atoms with Crippen molar-refractivity contribution in [3.05, 3.63) is 64.5 Å². The predicted octanol–water partition coefficient (Wildman–Crippen LogP) is 2.26. The fraction of sp³-hybridized carbons (Fsp3) is 0.176. The second kappa shape index (κ2) is 7.38. The Bertz CT molecular complexity index is 732. The van der Waals surface area contributed by atoms with Gasteiger partial charge in [0.2, 0.25) is 0 Å². The standard InChI is InChI=1S/C17H17NO4/c1-22-12-11-18-15(13-5-3-2-4-6-13)9-7-14(17(18)21)8-10-16(19)20/h2-10H,11-12H2,1H3,(H,19,20)/b10-8+. The number of pyridine rings is 1. The molecule has 0 aliphatic heterocycles. The van der Waals surface area contributed by atoms with E-state index in [-0.39, 0.29) is 5.56 Å². The molecule has 0 saturated heterocycles. The number of hydrogen-bond acceptors (Lipinski definition) is 3. The van der Waals surface area contributed by atoms with Gasteiger partial charge in [-0.05, 0) is 23.8 Å². The third-order valence-corrected chi connectivity index (χ3v) is 3.20. The molecule has 22 heavy (non-hydrogen) atoms. The smallest absolute Gasteiger partial charge is 0.328 e. The Hall–Kier alpha value is -2.66. The Labute approximate surface area is 128 Å². The van der Waals surface area contributed by atoms with E-state index in [4.69, 9.17) is 9.84 Å². The minimum absolute atomic E-state index is 0.240. The number of methoxy groups -OCH3 is 1. The van der Waals surface area contributed by atoms with E-state index in [0.29, 0.717) is 18.7 Å². The monoisotopic (exact) mass is 299 g/mol. The van der Waals surface area contributed by atoms with Crippen molar-refractivity contribution in [3.8, 4) is 11.3 Å². The quantitative estimate of drug-likeness (QED) is 0.831. The van der Waals surface area contributed by atoms with Crippen LogP contribution in [0.15, 0.2) is 53.3 Å². The Morgan fingerprint density at radius 2 is 1.95 bits per heavy atom. The highest BCUT2D eigenvalue weighted by molar-refractivity contribution is 5.85. The summed E-state index contributed by atoms with van der Waals surface area (Å²) in [5.74, 6) is -1.09. The van der Waals surface area contributed by atoms with Gasteiger partial charge in [-0.1, -0.05) is 30.3 Å². The number of carboxylic acids is 1. The van der Waals surface area contributed by atoms with Gasteiger partial charge in [0.25, 0.3) is 5.56 Å². The Balaban J connectivity index is 2.53. The van der Waals surface area contributed by atoms with Crippen LogP contribution in [-0.2, 0) is 16.1 Å². The molecule has 1 heterocycles. The summed E-state index contributed by atoms with van der Waals surface area (Å²) >= 11 is 0. The maximum atomic E-state index is 12.5. The van der Waals surface area contributed by atoms with Crippen LogP contribution in [0.3, 0.4) is 0 Å². The maximum absolute atomic E-state index is 12.5. The lowest BCUT2D eigenvalue weighted by Gasteiger charge is -2.13. The molecule has 0 bridgehead atoms. The SMILES string of the molecule is COCCn1c(-c2ccccc2)ccc(/C=C/C(=O)O)c1=O. The molecule has 0 aliphatic rings. The van der Waals surface area contributed by atoms with Crippen LogP contribution >= 0.6 is 0 Å². The van der Waals surface area contributed by atoms with Crippen molar-refractivity contribution in [2.45, 2.75) is 6.54 Å². The van der Waals surface area contributed by atoms with Gasteiger partial charge >= 0.3 is 5.97 Å². The molecule has 0 fully saturated rings. The number of carbonyl (C=O) groups is 1. The van der Waals surface area contributed by atoms with Gasteiger partial charge in [0, 0.05) is 25.3 Å². The first-order valence-corrected chi connectivity index (χ1v) is 6.82. The normalized spacial score (nSPS) is 11.0. The molecule has 0 saturated carbocycles. The van der Waals surface area contributed by atoms with Crippen LogP contribution in [0.2, 0.25) is 0 Å². The third kappa shape index (κ3) is 3.71. The van der Waals surface area contributed by atoms with Crippen LogP contribution < -0.4 is 5.56 Å². The zero-order valence-corrected chi connectivity index (χ0v) is 12.2. The van der Waals surface area contributed by atoms with Crippen molar-refractivity contribution in [2.24, 2.45) is 0 Å². The van der Waals surface area contributed by atoms with Crippen molar-refractivity contribution in [1.29, 1.82) is 0 Å². The van der Waals surface area contributed by atoms with E-state index in [1.54, 1.807) is 17.7 Å². The van der Waals surface area contributed by atoms with Crippen molar-refractivity contribution < 1.29 is 14.6 Å². The van der Waals surface area contributed by atoms with Gasteiger partial charge < -0.3 is 14.4 Å². The Morgan fingerprint density at radius 3 is 2.59 bits per heavy atom. The van der Waals surface area contributed by atoms with Crippen LogP contribution in [-0.4, -0.2) is 29.4 Å². The molecule has 1 aromatic heterocycles. The van der Waals surface area contributed by atoms with E-state index < -0.39 is 5.97 Å². The highest BCUT2D eigenvalue weighted by Gasteiger charge is 2.09. The number of carboxylic acid groups (broad SMARTS) is 1. The van der Waals surface area contributed by atoms with E-state index in [1.807, 2.05) is 36.4 Å². The van der Waals surface area contributed by atoms with E-state index in [9.17, 15) is 9.59 Å². The van der Waals surface area contributed by atoms with Gasteiger partial charge in [-0.25, -0.2) is 4.79 Å². The number of rotatable bonds is 6. The minimum atomic E-state index is -1.09. The average Bonchev–Trinajstić information content (AvgIpc) is 2.53. The molecule has 2 aromatic rings. The maximum Gasteiger partial charge on any atom is 0.328 e.